The van der Waals surface area contributed by atoms with Gasteiger partial charge in [-0.15, -0.1) is 0 Å². The molecule has 0 aliphatic rings. The highest BCUT2D eigenvalue weighted by molar-refractivity contribution is 9.09. The van der Waals surface area contributed by atoms with Crippen LogP contribution >= 0.6 is 15.9 Å². The zero-order valence-electron chi connectivity index (χ0n) is 9.48. The first-order valence-corrected chi connectivity index (χ1v) is 6.32. The molecule has 2 nitrogen and oxygen atoms in total. The molecule has 0 aliphatic heterocycles. The molecule has 0 N–H and O–H groups in total. The summed E-state index contributed by atoms with van der Waals surface area (Å²) in [5.74, 6) is -0.301. The van der Waals surface area contributed by atoms with E-state index in [1.54, 1.807) is 0 Å². The van der Waals surface area contributed by atoms with E-state index in [9.17, 15) is 18.0 Å². The van der Waals surface area contributed by atoms with Crippen molar-refractivity contribution in [3.05, 3.63) is 0 Å². The molecule has 0 spiro atoms. The van der Waals surface area contributed by atoms with Crippen molar-refractivity contribution in [2.45, 2.75) is 32.9 Å². The molecule has 16 heavy (non-hydrogen) atoms. The van der Waals surface area contributed by atoms with Crippen molar-refractivity contribution in [1.29, 1.82) is 0 Å². The lowest BCUT2D eigenvalue weighted by molar-refractivity contribution is -0.161. The number of rotatable bonds is 6. The molecule has 0 bridgehead atoms. The van der Waals surface area contributed by atoms with E-state index in [1.807, 2.05) is 13.8 Å². The fraction of sp³-hybridized carbons (Fsp3) is 0.900. The molecule has 0 saturated heterocycles. The molecular formula is C10H17BrF3NO. The van der Waals surface area contributed by atoms with E-state index in [0.29, 0.717) is 5.33 Å². The van der Waals surface area contributed by atoms with Gasteiger partial charge in [0.2, 0.25) is 5.91 Å². The lowest BCUT2D eigenvalue weighted by atomic mass is 10.0. The van der Waals surface area contributed by atoms with Gasteiger partial charge in [-0.25, -0.2) is 0 Å². The van der Waals surface area contributed by atoms with Crippen LogP contribution in [0.15, 0.2) is 0 Å². The van der Waals surface area contributed by atoms with Gasteiger partial charge < -0.3 is 4.90 Å². The van der Waals surface area contributed by atoms with Gasteiger partial charge in [0.05, 0.1) is 0 Å². The topological polar surface area (TPSA) is 20.3 Å². The standard InChI is InChI=1S/C10H17BrF3NO/c1-3-8(2)6-9(16)15(5-4-11)7-10(12,13)14/h8H,3-7H2,1-2H3. The van der Waals surface area contributed by atoms with Crippen molar-refractivity contribution in [2.24, 2.45) is 5.92 Å². The van der Waals surface area contributed by atoms with Gasteiger partial charge >= 0.3 is 6.18 Å². The average molecular weight is 304 g/mol. The van der Waals surface area contributed by atoms with Crippen LogP contribution in [-0.4, -0.2) is 35.4 Å². The van der Waals surface area contributed by atoms with Crippen molar-refractivity contribution in [2.75, 3.05) is 18.4 Å². The Morgan fingerprint density at radius 3 is 2.38 bits per heavy atom. The summed E-state index contributed by atoms with van der Waals surface area (Å²) in [6, 6.07) is 0. The van der Waals surface area contributed by atoms with Crippen molar-refractivity contribution in [3.63, 3.8) is 0 Å². The normalized spacial score (nSPS) is 13.6. The number of carbonyl (C=O) groups is 1. The fourth-order valence-corrected chi connectivity index (χ4v) is 1.61. The minimum atomic E-state index is -4.33. The van der Waals surface area contributed by atoms with Gasteiger partial charge in [-0.3, -0.25) is 4.79 Å². The Labute approximate surface area is 102 Å². The number of carbonyl (C=O) groups excluding carboxylic acids is 1. The predicted octanol–water partition coefficient (Wildman–Crippen LogP) is 3.21. The van der Waals surface area contributed by atoms with Gasteiger partial charge in [0.25, 0.3) is 0 Å². The molecule has 0 radical (unpaired) electrons. The monoisotopic (exact) mass is 303 g/mol. The second-order valence-electron chi connectivity index (χ2n) is 3.84. The van der Waals surface area contributed by atoms with E-state index in [1.165, 1.54) is 0 Å². The maximum absolute atomic E-state index is 12.2. The fourth-order valence-electron chi connectivity index (χ4n) is 1.18. The summed E-state index contributed by atoms with van der Waals surface area (Å²) in [7, 11) is 0. The highest BCUT2D eigenvalue weighted by Gasteiger charge is 2.32. The summed E-state index contributed by atoms with van der Waals surface area (Å²) in [6.45, 7) is 2.71. The van der Waals surface area contributed by atoms with Crippen LogP contribution in [0, 0.1) is 5.92 Å². The second kappa shape index (κ2) is 7.14. The zero-order chi connectivity index (χ0) is 12.8. The Morgan fingerprint density at radius 1 is 1.44 bits per heavy atom. The summed E-state index contributed by atoms with van der Waals surface area (Å²) in [4.78, 5) is 12.4. The zero-order valence-corrected chi connectivity index (χ0v) is 11.1. The molecule has 0 fully saturated rings. The van der Waals surface area contributed by atoms with Crippen LogP contribution in [0.25, 0.3) is 0 Å². The van der Waals surface area contributed by atoms with Gasteiger partial charge in [-0.1, -0.05) is 36.2 Å². The van der Waals surface area contributed by atoms with Crippen molar-refractivity contribution in [3.8, 4) is 0 Å². The van der Waals surface area contributed by atoms with Crippen LogP contribution in [0.2, 0.25) is 0 Å². The molecule has 1 amide bonds. The Morgan fingerprint density at radius 2 is 2.00 bits per heavy atom. The number of halogens is 4. The molecule has 0 saturated carbocycles. The largest absolute Gasteiger partial charge is 0.406 e. The van der Waals surface area contributed by atoms with E-state index in [2.05, 4.69) is 15.9 Å². The number of nitrogens with zero attached hydrogens (tertiary/aromatic N) is 1. The Balaban J connectivity index is 4.35. The van der Waals surface area contributed by atoms with Crippen LogP contribution < -0.4 is 0 Å². The van der Waals surface area contributed by atoms with Crippen LogP contribution in [0.4, 0.5) is 13.2 Å². The molecular weight excluding hydrogens is 287 g/mol. The van der Waals surface area contributed by atoms with E-state index < -0.39 is 18.6 Å². The van der Waals surface area contributed by atoms with Crippen molar-refractivity contribution >= 4 is 21.8 Å². The highest BCUT2D eigenvalue weighted by Crippen LogP contribution is 2.18. The molecule has 0 aromatic heterocycles. The summed E-state index contributed by atoms with van der Waals surface area (Å²) >= 11 is 3.05. The minimum Gasteiger partial charge on any atom is -0.333 e. The molecule has 0 aromatic rings. The second-order valence-corrected chi connectivity index (χ2v) is 4.63. The SMILES string of the molecule is CCC(C)CC(=O)N(CCBr)CC(F)(F)F. The molecule has 96 valence electrons. The summed E-state index contributed by atoms with van der Waals surface area (Å²) in [5, 5.41) is 0.356. The molecule has 0 rings (SSSR count). The third-order valence-electron chi connectivity index (χ3n) is 2.30. The Kier molecular flexibility index (Phi) is 7.03. The van der Waals surface area contributed by atoms with Crippen LogP contribution in [0.5, 0.6) is 0 Å². The van der Waals surface area contributed by atoms with Gasteiger partial charge in [0.15, 0.2) is 0 Å². The maximum atomic E-state index is 12.2. The molecule has 1 unspecified atom stereocenters. The number of alkyl halides is 4. The quantitative estimate of drug-likeness (QED) is 0.690. The lowest BCUT2D eigenvalue weighted by Crippen LogP contribution is -2.40. The van der Waals surface area contributed by atoms with Crippen molar-refractivity contribution in [1.82, 2.24) is 4.90 Å². The van der Waals surface area contributed by atoms with E-state index in [0.717, 1.165) is 11.3 Å². The first-order valence-electron chi connectivity index (χ1n) is 5.20. The van der Waals surface area contributed by atoms with E-state index >= 15 is 0 Å². The van der Waals surface area contributed by atoms with E-state index in [-0.39, 0.29) is 18.9 Å². The van der Waals surface area contributed by atoms with Gasteiger partial charge in [0, 0.05) is 18.3 Å². The summed E-state index contributed by atoms with van der Waals surface area (Å²) in [6.07, 6.45) is -3.35. The van der Waals surface area contributed by atoms with Crippen LogP contribution in [0.1, 0.15) is 26.7 Å². The molecule has 0 aliphatic carbocycles. The lowest BCUT2D eigenvalue weighted by Gasteiger charge is -2.24. The van der Waals surface area contributed by atoms with Crippen molar-refractivity contribution < 1.29 is 18.0 Å². The minimum absolute atomic E-state index is 0.0920. The van der Waals surface area contributed by atoms with Gasteiger partial charge in [-0.2, -0.15) is 13.2 Å². The van der Waals surface area contributed by atoms with E-state index in [4.69, 9.17) is 0 Å². The van der Waals surface area contributed by atoms with Gasteiger partial charge in [-0.05, 0) is 5.92 Å². The molecule has 1 atom stereocenters. The number of hydrogen-bond donors (Lipinski definition) is 0. The third-order valence-corrected chi connectivity index (χ3v) is 2.65. The first kappa shape index (κ1) is 15.7. The summed E-state index contributed by atoms with van der Waals surface area (Å²) in [5.41, 5.74) is 0. The van der Waals surface area contributed by atoms with Crippen LogP contribution in [-0.2, 0) is 4.79 Å². The summed E-state index contributed by atoms with van der Waals surface area (Å²) < 4.78 is 36.6. The van der Waals surface area contributed by atoms with Crippen LogP contribution in [0.3, 0.4) is 0 Å². The smallest absolute Gasteiger partial charge is 0.333 e. The van der Waals surface area contributed by atoms with Gasteiger partial charge in [0.1, 0.15) is 6.54 Å². The highest BCUT2D eigenvalue weighted by atomic mass is 79.9. The average Bonchev–Trinajstić information content (AvgIpc) is 2.14. The first-order chi connectivity index (χ1) is 7.30. The maximum Gasteiger partial charge on any atom is 0.406 e. The third kappa shape index (κ3) is 7.09. The Bertz CT molecular complexity index is 221. The molecule has 6 heteroatoms. The number of amides is 1. The number of hydrogen-bond acceptors (Lipinski definition) is 1. The molecule has 0 aromatic carbocycles. The Hall–Kier alpha value is -0.260. The molecule has 0 heterocycles. The predicted molar refractivity (Wildman–Crippen MR) is 60.5 cm³/mol.